The van der Waals surface area contributed by atoms with E-state index in [2.05, 4.69) is 28.9 Å². The Hall–Kier alpha value is -1.73. The molecule has 22 heavy (non-hydrogen) atoms. The predicted octanol–water partition coefficient (Wildman–Crippen LogP) is 1.37. The molecule has 0 atom stereocenters. The van der Waals surface area contributed by atoms with Crippen LogP contribution in [0.5, 0.6) is 0 Å². The Balaban J connectivity index is 2.06. The molecule has 0 N–H and O–H groups in total. The molecule has 0 spiro atoms. The highest BCUT2D eigenvalue weighted by Gasteiger charge is 2.23. The summed E-state index contributed by atoms with van der Waals surface area (Å²) < 4.78 is 0. The van der Waals surface area contributed by atoms with E-state index in [1.807, 2.05) is 11.8 Å². The molecule has 2 heterocycles. The number of aromatic nitrogens is 1. The highest BCUT2D eigenvalue weighted by atomic mass is 16.6. The summed E-state index contributed by atoms with van der Waals surface area (Å²) in [5, 5.41) is 11.3. The molecular weight excluding hydrogens is 282 g/mol. The van der Waals surface area contributed by atoms with Crippen LogP contribution in [0.1, 0.15) is 12.0 Å². The Morgan fingerprint density at radius 2 is 2.09 bits per heavy atom. The molecule has 0 aromatic carbocycles. The van der Waals surface area contributed by atoms with Gasteiger partial charge in [-0.1, -0.05) is 0 Å². The largest absolute Gasteiger partial charge is 0.350 e. The number of hydrogen-bond donors (Lipinski definition) is 0. The number of nitro groups is 1. The van der Waals surface area contributed by atoms with Crippen LogP contribution in [0, 0.1) is 17.0 Å². The molecule has 1 aliphatic heterocycles. The van der Waals surface area contributed by atoms with Crippen LogP contribution in [0.15, 0.2) is 12.3 Å². The van der Waals surface area contributed by atoms with Crippen molar-refractivity contribution in [3.63, 3.8) is 0 Å². The molecular formula is C15H25N5O2. The fourth-order valence-electron chi connectivity index (χ4n) is 2.67. The van der Waals surface area contributed by atoms with Crippen LogP contribution in [-0.4, -0.2) is 73.1 Å². The van der Waals surface area contributed by atoms with Crippen LogP contribution in [-0.2, 0) is 0 Å². The zero-order valence-electron chi connectivity index (χ0n) is 13.7. The van der Waals surface area contributed by atoms with E-state index in [4.69, 9.17) is 0 Å². The smallest absolute Gasteiger partial charge is 0.311 e. The van der Waals surface area contributed by atoms with Gasteiger partial charge in [-0.15, -0.1) is 0 Å². The highest BCUT2D eigenvalue weighted by molar-refractivity contribution is 5.58. The molecule has 122 valence electrons. The lowest BCUT2D eigenvalue weighted by Crippen LogP contribution is -2.35. The molecule has 0 radical (unpaired) electrons. The van der Waals surface area contributed by atoms with Crippen LogP contribution >= 0.6 is 0 Å². The van der Waals surface area contributed by atoms with E-state index in [1.165, 1.54) is 0 Å². The number of likely N-dealkylation sites (N-methyl/N-ethyl adjacent to an activating group) is 1. The lowest BCUT2D eigenvalue weighted by atomic mass is 10.2. The van der Waals surface area contributed by atoms with Gasteiger partial charge < -0.3 is 14.7 Å². The second-order valence-corrected chi connectivity index (χ2v) is 6.10. The van der Waals surface area contributed by atoms with Crippen molar-refractivity contribution in [2.24, 2.45) is 0 Å². The summed E-state index contributed by atoms with van der Waals surface area (Å²) in [6, 6.07) is 1.61. The van der Waals surface area contributed by atoms with Gasteiger partial charge >= 0.3 is 5.69 Å². The first-order valence-electron chi connectivity index (χ1n) is 7.70. The van der Waals surface area contributed by atoms with E-state index in [1.54, 1.807) is 12.3 Å². The maximum Gasteiger partial charge on any atom is 0.311 e. The summed E-state index contributed by atoms with van der Waals surface area (Å²) in [4.78, 5) is 21.9. The zero-order valence-corrected chi connectivity index (χ0v) is 13.7. The Morgan fingerprint density at radius 1 is 1.32 bits per heavy atom. The van der Waals surface area contributed by atoms with E-state index >= 15 is 0 Å². The van der Waals surface area contributed by atoms with Crippen molar-refractivity contribution in [3.05, 3.63) is 27.9 Å². The molecule has 1 aliphatic rings. The van der Waals surface area contributed by atoms with E-state index in [0.29, 0.717) is 5.82 Å². The van der Waals surface area contributed by atoms with Crippen LogP contribution in [0.4, 0.5) is 11.5 Å². The third kappa shape index (κ3) is 4.38. The number of aryl methyl sites for hydroxylation is 1. The van der Waals surface area contributed by atoms with Gasteiger partial charge in [-0.25, -0.2) is 4.98 Å². The van der Waals surface area contributed by atoms with Gasteiger partial charge in [0.25, 0.3) is 0 Å². The van der Waals surface area contributed by atoms with Crippen molar-refractivity contribution < 1.29 is 4.92 Å². The number of nitrogens with zero attached hydrogens (tertiary/aromatic N) is 5. The Labute approximate surface area is 131 Å². The first-order valence-corrected chi connectivity index (χ1v) is 7.70. The van der Waals surface area contributed by atoms with Crippen molar-refractivity contribution in [2.75, 3.05) is 58.3 Å². The minimum absolute atomic E-state index is 0.113. The molecule has 7 heteroatoms. The van der Waals surface area contributed by atoms with E-state index in [9.17, 15) is 10.1 Å². The summed E-state index contributed by atoms with van der Waals surface area (Å²) in [6.45, 7) is 7.44. The number of rotatable bonds is 5. The second kappa shape index (κ2) is 7.51. The minimum atomic E-state index is -0.329. The van der Waals surface area contributed by atoms with Gasteiger partial charge in [0.1, 0.15) is 0 Å². The molecule has 0 amide bonds. The van der Waals surface area contributed by atoms with Crippen LogP contribution < -0.4 is 4.90 Å². The van der Waals surface area contributed by atoms with Crippen molar-refractivity contribution in [2.45, 2.75) is 13.3 Å². The average molecular weight is 307 g/mol. The summed E-state index contributed by atoms with van der Waals surface area (Å²) in [5.41, 5.74) is 0.930. The molecule has 1 fully saturated rings. The SMILES string of the molecule is Cc1cnc(N2CCCN(CCN(C)C)CC2)c([N+](=O)[O-])c1. The lowest BCUT2D eigenvalue weighted by Gasteiger charge is -2.23. The maximum absolute atomic E-state index is 11.3. The molecule has 0 bridgehead atoms. The second-order valence-electron chi connectivity index (χ2n) is 6.10. The van der Waals surface area contributed by atoms with Gasteiger partial charge in [-0.3, -0.25) is 10.1 Å². The fourth-order valence-corrected chi connectivity index (χ4v) is 2.67. The number of anilines is 1. The lowest BCUT2D eigenvalue weighted by molar-refractivity contribution is -0.384. The van der Waals surface area contributed by atoms with Crippen LogP contribution in [0.2, 0.25) is 0 Å². The summed E-state index contributed by atoms with van der Waals surface area (Å²) in [5.74, 6) is 0.505. The summed E-state index contributed by atoms with van der Waals surface area (Å²) in [6.07, 6.45) is 2.71. The van der Waals surface area contributed by atoms with Gasteiger partial charge in [-0.05, 0) is 39.5 Å². The fraction of sp³-hybridized carbons (Fsp3) is 0.667. The molecule has 2 rings (SSSR count). The van der Waals surface area contributed by atoms with E-state index in [0.717, 1.165) is 51.3 Å². The van der Waals surface area contributed by atoms with Crippen LogP contribution in [0.25, 0.3) is 0 Å². The Kier molecular flexibility index (Phi) is 5.68. The Morgan fingerprint density at radius 3 is 2.77 bits per heavy atom. The van der Waals surface area contributed by atoms with Crippen molar-refractivity contribution in [1.29, 1.82) is 0 Å². The topological polar surface area (TPSA) is 65.8 Å². The Bertz CT molecular complexity index is 521. The van der Waals surface area contributed by atoms with Gasteiger partial charge in [0.15, 0.2) is 0 Å². The molecule has 0 saturated carbocycles. The molecule has 0 unspecified atom stereocenters. The number of hydrogen-bond acceptors (Lipinski definition) is 6. The molecule has 1 saturated heterocycles. The molecule has 7 nitrogen and oxygen atoms in total. The maximum atomic E-state index is 11.3. The summed E-state index contributed by atoms with van der Waals surface area (Å²) >= 11 is 0. The zero-order chi connectivity index (χ0) is 16.1. The van der Waals surface area contributed by atoms with Gasteiger partial charge in [0.05, 0.1) is 4.92 Å². The van der Waals surface area contributed by atoms with Crippen molar-refractivity contribution in [1.82, 2.24) is 14.8 Å². The average Bonchev–Trinajstić information content (AvgIpc) is 2.70. The van der Waals surface area contributed by atoms with Gasteiger partial charge in [0, 0.05) is 45.0 Å². The number of pyridine rings is 1. The van der Waals surface area contributed by atoms with Crippen molar-refractivity contribution in [3.8, 4) is 0 Å². The quantitative estimate of drug-likeness (QED) is 0.605. The first-order chi connectivity index (χ1) is 10.5. The van der Waals surface area contributed by atoms with E-state index < -0.39 is 0 Å². The first kappa shape index (κ1) is 16.6. The highest BCUT2D eigenvalue weighted by Crippen LogP contribution is 2.27. The standard InChI is InChI=1S/C15H25N5O2/c1-13-11-14(20(21)22)15(16-12-13)19-6-4-5-18(9-10-19)8-7-17(2)3/h11-12H,4-10H2,1-3H3. The molecule has 1 aromatic heterocycles. The third-order valence-corrected chi connectivity index (χ3v) is 3.93. The monoisotopic (exact) mass is 307 g/mol. The molecule has 0 aliphatic carbocycles. The van der Waals surface area contributed by atoms with E-state index in [-0.39, 0.29) is 10.6 Å². The third-order valence-electron chi connectivity index (χ3n) is 3.93. The minimum Gasteiger partial charge on any atom is -0.350 e. The van der Waals surface area contributed by atoms with Crippen molar-refractivity contribution >= 4 is 11.5 Å². The summed E-state index contributed by atoms with van der Waals surface area (Å²) in [7, 11) is 4.15. The normalized spacial score (nSPS) is 16.8. The van der Waals surface area contributed by atoms with Gasteiger partial charge in [-0.2, -0.15) is 0 Å². The van der Waals surface area contributed by atoms with Crippen LogP contribution in [0.3, 0.4) is 0 Å². The molecule has 1 aromatic rings. The van der Waals surface area contributed by atoms with Gasteiger partial charge in [0.2, 0.25) is 5.82 Å². The predicted molar refractivity (Wildman–Crippen MR) is 87.5 cm³/mol.